The molecule has 0 spiro atoms. The Morgan fingerprint density at radius 1 is 1.05 bits per heavy atom. The largest absolute Gasteiger partial charge is 0.427 e. The molecular weight excluding hydrogens is 757 g/mol. The van der Waals surface area contributed by atoms with Gasteiger partial charge in [0, 0.05) is 73.0 Å². The minimum Gasteiger partial charge on any atom is -0.427 e. The monoisotopic (exact) mass is 800 g/mol. The number of amides is 3. The van der Waals surface area contributed by atoms with Crippen molar-refractivity contribution in [1.29, 1.82) is 0 Å². The third-order valence-electron chi connectivity index (χ3n) is 9.67. The number of aliphatic hydroxyl groups excluding tert-OH is 1. The number of aliphatic hydroxyl groups is 1. The van der Waals surface area contributed by atoms with Gasteiger partial charge in [0.1, 0.15) is 11.4 Å². The fourth-order valence-corrected chi connectivity index (χ4v) is 9.04. The molecule has 1 unspecified atom stereocenters. The Labute approximate surface area is 325 Å². The zero-order valence-electron chi connectivity index (χ0n) is 31.3. The van der Waals surface area contributed by atoms with Crippen LogP contribution in [0, 0.1) is 17.3 Å². The summed E-state index contributed by atoms with van der Waals surface area (Å²) in [5.41, 5.74) is -0.154. The van der Waals surface area contributed by atoms with Crippen molar-refractivity contribution in [2.75, 3.05) is 37.9 Å². The first-order valence-electron chi connectivity index (χ1n) is 17.9. The van der Waals surface area contributed by atoms with Gasteiger partial charge in [-0.1, -0.05) is 6.92 Å². The number of pyridine rings is 1. The molecule has 2 aromatic heterocycles. The first kappa shape index (κ1) is 39.9. The Morgan fingerprint density at radius 2 is 1.76 bits per heavy atom. The predicted molar refractivity (Wildman–Crippen MR) is 197 cm³/mol. The molecule has 17 nitrogen and oxygen atoms in total. The summed E-state index contributed by atoms with van der Waals surface area (Å²) in [4.78, 5) is 90.5. The van der Waals surface area contributed by atoms with Gasteiger partial charge in [0.15, 0.2) is 5.13 Å². The third kappa shape index (κ3) is 8.57. The minimum absolute atomic E-state index is 0.0325. The highest BCUT2D eigenvalue weighted by molar-refractivity contribution is 8.03. The fraction of sp³-hybridized carbons (Fsp3) is 0.556. The van der Waals surface area contributed by atoms with Gasteiger partial charge in [-0.3, -0.25) is 19.4 Å². The molecule has 2 aromatic rings. The molecule has 2 N–H and O–H groups in total. The SMILES string of the molecule is CC(OC(=O)c1ccncc1)OC(=O)N1CC[C@H](NC(=O)c2csc(N3CC(SC4=C(C(=O)OCOC(=O)C(C)(C)C)N5C(=O)[C@H]([C@@H](C)O)[C@H]5[C@H]4C)C3)n2)C1. The number of nitrogens with one attached hydrogen (secondary N) is 1. The fourth-order valence-electron chi connectivity index (χ4n) is 6.70. The Hall–Kier alpha value is -4.75. The molecule has 296 valence electrons. The van der Waals surface area contributed by atoms with E-state index in [9.17, 15) is 33.9 Å². The normalized spacial score (nSPS) is 23.3. The second-order valence-corrected chi connectivity index (χ2v) is 17.0. The van der Waals surface area contributed by atoms with E-state index in [1.54, 1.807) is 33.1 Å². The van der Waals surface area contributed by atoms with Crippen LogP contribution < -0.4 is 10.2 Å². The standard InChI is InChI=1S/C36H44N6O11S2/c1-18-26-25(19(2)43)30(45)42(26)27(32(47)50-17-51-33(48)36(4,5)6)28(18)55-23-14-41(15-23)34-39-24(16-54-34)29(44)38-22-9-12-40(13-22)35(49)53-20(3)52-31(46)21-7-10-37-11-8-21/h7-8,10-11,16,18-20,22-23,25-26,43H,9,12-15,17H2,1-6H3,(H,38,44)/t18-,19-,20?,22+,25-,26-/m1/s1. The van der Waals surface area contributed by atoms with Crippen LogP contribution in [0.5, 0.6) is 0 Å². The molecule has 6 heterocycles. The van der Waals surface area contributed by atoms with E-state index in [1.165, 1.54) is 64.3 Å². The summed E-state index contributed by atoms with van der Waals surface area (Å²) in [6, 6.07) is 2.25. The average molecular weight is 801 g/mol. The van der Waals surface area contributed by atoms with Gasteiger partial charge in [0.05, 0.1) is 29.0 Å². The quantitative estimate of drug-likeness (QED) is 0.180. The number of nitrogens with zero attached hydrogens (tertiary/aromatic N) is 5. The van der Waals surface area contributed by atoms with Crippen LogP contribution in [-0.4, -0.2) is 123 Å². The van der Waals surface area contributed by atoms with Crippen molar-refractivity contribution in [3.8, 4) is 0 Å². The van der Waals surface area contributed by atoms with Crippen LogP contribution in [0.4, 0.5) is 9.93 Å². The van der Waals surface area contributed by atoms with Gasteiger partial charge < -0.3 is 44.1 Å². The average Bonchev–Trinajstić information content (AvgIpc) is 3.83. The Bertz CT molecular complexity index is 1860. The summed E-state index contributed by atoms with van der Waals surface area (Å²) in [6.45, 7) is 11.1. The maximum atomic E-state index is 13.3. The van der Waals surface area contributed by atoms with E-state index < -0.39 is 60.6 Å². The summed E-state index contributed by atoms with van der Waals surface area (Å²) >= 11 is 2.79. The number of ether oxygens (including phenoxy) is 4. The van der Waals surface area contributed by atoms with Crippen LogP contribution in [0.25, 0.3) is 0 Å². The van der Waals surface area contributed by atoms with Gasteiger partial charge in [-0.25, -0.2) is 19.4 Å². The molecule has 55 heavy (non-hydrogen) atoms. The molecular formula is C36H44N6O11S2. The van der Waals surface area contributed by atoms with Gasteiger partial charge in [0.2, 0.25) is 19.0 Å². The molecule has 3 amide bonds. The molecule has 0 saturated carbocycles. The lowest BCUT2D eigenvalue weighted by molar-refractivity contribution is -0.175. The van der Waals surface area contributed by atoms with Crippen LogP contribution in [0.1, 0.15) is 68.8 Å². The maximum absolute atomic E-state index is 13.3. The summed E-state index contributed by atoms with van der Waals surface area (Å²) in [5.74, 6) is -3.58. The summed E-state index contributed by atoms with van der Waals surface area (Å²) in [5, 5.41) is 15.6. The molecule has 4 aliphatic heterocycles. The number of esters is 3. The van der Waals surface area contributed by atoms with Crippen molar-refractivity contribution in [3.63, 3.8) is 0 Å². The van der Waals surface area contributed by atoms with Crippen LogP contribution in [0.15, 0.2) is 40.5 Å². The number of carbonyl (C=O) groups is 6. The molecule has 0 bridgehead atoms. The number of hydrogen-bond donors (Lipinski definition) is 2. The van der Waals surface area contributed by atoms with Crippen molar-refractivity contribution >= 4 is 64.0 Å². The van der Waals surface area contributed by atoms with E-state index in [1.807, 2.05) is 11.8 Å². The Kier molecular flexibility index (Phi) is 11.7. The second kappa shape index (κ2) is 16.2. The predicted octanol–water partition coefficient (Wildman–Crippen LogP) is 2.76. The molecule has 19 heteroatoms. The number of carbonyl (C=O) groups excluding carboxylic acids is 6. The topological polar surface area (TPSA) is 207 Å². The zero-order chi connectivity index (χ0) is 39.8. The molecule has 6 atom stereocenters. The number of fused-ring (bicyclic) bond motifs is 1. The highest BCUT2D eigenvalue weighted by Gasteiger charge is 2.60. The minimum atomic E-state index is -1.12. The van der Waals surface area contributed by atoms with Gasteiger partial charge in [0.25, 0.3) is 5.91 Å². The van der Waals surface area contributed by atoms with Crippen molar-refractivity contribution in [1.82, 2.24) is 25.1 Å². The number of hydrogen-bond acceptors (Lipinski definition) is 16. The van der Waals surface area contributed by atoms with Gasteiger partial charge >= 0.3 is 24.0 Å². The van der Waals surface area contributed by atoms with Crippen molar-refractivity contribution in [2.45, 2.75) is 77.7 Å². The van der Waals surface area contributed by atoms with E-state index in [2.05, 4.69) is 15.3 Å². The highest BCUT2D eigenvalue weighted by Crippen LogP contribution is 2.52. The van der Waals surface area contributed by atoms with E-state index in [0.29, 0.717) is 36.1 Å². The van der Waals surface area contributed by atoms with Gasteiger partial charge in [-0.15, -0.1) is 23.1 Å². The van der Waals surface area contributed by atoms with Crippen LogP contribution >= 0.6 is 23.1 Å². The summed E-state index contributed by atoms with van der Waals surface area (Å²) < 4.78 is 20.9. The number of β-lactam (4-membered cyclic amide) rings is 1. The van der Waals surface area contributed by atoms with Crippen LogP contribution in [0.3, 0.4) is 0 Å². The lowest BCUT2D eigenvalue weighted by Crippen LogP contribution is -2.63. The third-order valence-corrected chi connectivity index (χ3v) is 12.0. The van der Waals surface area contributed by atoms with Crippen molar-refractivity contribution in [2.24, 2.45) is 17.3 Å². The number of anilines is 1. The second-order valence-electron chi connectivity index (χ2n) is 14.9. The number of thioether (sulfide) groups is 1. The molecule has 3 saturated heterocycles. The lowest BCUT2D eigenvalue weighted by Gasteiger charge is -2.46. The van der Waals surface area contributed by atoms with E-state index in [-0.39, 0.29) is 52.5 Å². The molecule has 0 aliphatic carbocycles. The molecule has 3 fully saturated rings. The first-order chi connectivity index (χ1) is 26.0. The summed E-state index contributed by atoms with van der Waals surface area (Å²) in [7, 11) is 0. The number of likely N-dealkylation sites (tertiary alicyclic amines) is 1. The van der Waals surface area contributed by atoms with Crippen LogP contribution in [-0.2, 0) is 33.3 Å². The van der Waals surface area contributed by atoms with Crippen molar-refractivity contribution in [3.05, 3.63) is 51.8 Å². The zero-order valence-corrected chi connectivity index (χ0v) is 32.9. The van der Waals surface area contributed by atoms with Crippen molar-refractivity contribution < 1.29 is 52.8 Å². The van der Waals surface area contributed by atoms with Gasteiger partial charge in [-0.05, 0) is 46.2 Å². The highest BCUT2D eigenvalue weighted by atomic mass is 32.2. The molecule has 6 rings (SSSR count). The van der Waals surface area contributed by atoms with Crippen LogP contribution in [0.2, 0.25) is 0 Å². The molecule has 4 aliphatic rings. The number of aromatic nitrogens is 2. The first-order valence-corrected chi connectivity index (χ1v) is 19.6. The summed E-state index contributed by atoms with van der Waals surface area (Å²) in [6.07, 6.45) is 0.725. The lowest BCUT2D eigenvalue weighted by atomic mass is 9.79. The Morgan fingerprint density at radius 3 is 2.44 bits per heavy atom. The smallest absolute Gasteiger partial charge is 0.412 e. The Balaban J connectivity index is 0.992. The molecule has 0 aromatic carbocycles. The maximum Gasteiger partial charge on any atom is 0.412 e. The van der Waals surface area contributed by atoms with Gasteiger partial charge in [-0.2, -0.15) is 0 Å². The molecule has 0 radical (unpaired) electrons. The van der Waals surface area contributed by atoms with E-state index >= 15 is 0 Å². The van der Waals surface area contributed by atoms with E-state index in [0.717, 1.165) is 0 Å². The number of thiazole rings is 1. The van der Waals surface area contributed by atoms with E-state index in [4.69, 9.17) is 18.9 Å². The number of rotatable bonds is 12.